The van der Waals surface area contributed by atoms with E-state index in [9.17, 15) is 9.59 Å². The summed E-state index contributed by atoms with van der Waals surface area (Å²) in [5.41, 5.74) is 1.50. The molecular formula is C14H18N2O2. The quantitative estimate of drug-likeness (QED) is 0.798. The van der Waals surface area contributed by atoms with Gasteiger partial charge in [0.1, 0.15) is 5.69 Å². The van der Waals surface area contributed by atoms with Crippen LogP contribution in [0.4, 0.5) is 0 Å². The first kappa shape index (κ1) is 12.6. The molecule has 0 unspecified atom stereocenters. The molecular weight excluding hydrogens is 228 g/mol. The van der Waals surface area contributed by atoms with Gasteiger partial charge in [-0.15, -0.1) is 0 Å². The van der Waals surface area contributed by atoms with Gasteiger partial charge in [0.15, 0.2) is 0 Å². The van der Waals surface area contributed by atoms with Gasteiger partial charge in [0.2, 0.25) is 5.56 Å². The fourth-order valence-corrected chi connectivity index (χ4v) is 2.14. The minimum absolute atomic E-state index is 0.218. The first-order chi connectivity index (χ1) is 8.75. The van der Waals surface area contributed by atoms with Crippen molar-refractivity contribution in [2.24, 2.45) is 0 Å². The van der Waals surface area contributed by atoms with E-state index in [1.54, 1.807) is 12.1 Å². The van der Waals surface area contributed by atoms with Crippen LogP contribution >= 0.6 is 0 Å². The van der Waals surface area contributed by atoms with Crippen LogP contribution in [0.1, 0.15) is 42.6 Å². The number of nitrogens with one attached hydrogen (secondary N) is 2. The highest BCUT2D eigenvalue weighted by atomic mass is 16.2. The molecule has 18 heavy (non-hydrogen) atoms. The summed E-state index contributed by atoms with van der Waals surface area (Å²) in [7, 11) is 0. The Labute approximate surface area is 106 Å². The fourth-order valence-electron chi connectivity index (χ4n) is 2.14. The third-order valence-electron chi connectivity index (χ3n) is 3.13. The number of pyridine rings is 1. The maximum absolute atomic E-state index is 11.7. The van der Waals surface area contributed by atoms with Gasteiger partial charge in [-0.1, -0.05) is 17.7 Å². The van der Waals surface area contributed by atoms with Gasteiger partial charge in [-0.3, -0.25) is 9.59 Å². The van der Waals surface area contributed by atoms with Crippen molar-refractivity contribution >= 4 is 5.91 Å². The molecule has 0 saturated heterocycles. The zero-order valence-corrected chi connectivity index (χ0v) is 10.4. The van der Waals surface area contributed by atoms with Crippen molar-refractivity contribution in [3.8, 4) is 0 Å². The van der Waals surface area contributed by atoms with E-state index < -0.39 is 0 Å². The maximum atomic E-state index is 11.7. The topological polar surface area (TPSA) is 62.0 Å². The fraction of sp³-hybridized carbons (Fsp3) is 0.429. The Balaban J connectivity index is 1.81. The number of carbonyl (C=O) groups is 1. The van der Waals surface area contributed by atoms with Crippen molar-refractivity contribution in [1.82, 2.24) is 10.3 Å². The Morgan fingerprint density at radius 3 is 2.94 bits per heavy atom. The number of hydrogen-bond donors (Lipinski definition) is 2. The van der Waals surface area contributed by atoms with Gasteiger partial charge in [0.25, 0.3) is 5.91 Å². The number of rotatable bonds is 4. The minimum Gasteiger partial charge on any atom is -0.350 e. The van der Waals surface area contributed by atoms with E-state index in [2.05, 4.69) is 16.4 Å². The minimum atomic E-state index is -0.252. The highest BCUT2D eigenvalue weighted by Gasteiger charge is 2.07. The summed E-state index contributed by atoms with van der Waals surface area (Å²) in [5.74, 6) is -0.218. The summed E-state index contributed by atoms with van der Waals surface area (Å²) in [6, 6.07) is 4.58. The molecule has 0 radical (unpaired) electrons. The zero-order valence-electron chi connectivity index (χ0n) is 10.4. The number of allylic oxidation sites excluding steroid dienone is 1. The summed E-state index contributed by atoms with van der Waals surface area (Å²) in [4.78, 5) is 25.3. The second-order valence-corrected chi connectivity index (χ2v) is 4.54. The summed E-state index contributed by atoms with van der Waals surface area (Å²) < 4.78 is 0. The van der Waals surface area contributed by atoms with Crippen LogP contribution in [0.5, 0.6) is 0 Å². The third-order valence-corrected chi connectivity index (χ3v) is 3.13. The molecule has 2 rings (SSSR count). The van der Waals surface area contributed by atoms with Gasteiger partial charge < -0.3 is 10.3 Å². The highest BCUT2D eigenvalue weighted by molar-refractivity contribution is 5.92. The van der Waals surface area contributed by atoms with Gasteiger partial charge in [0, 0.05) is 12.6 Å². The Hall–Kier alpha value is -1.84. The lowest BCUT2D eigenvalue weighted by atomic mass is 9.97. The largest absolute Gasteiger partial charge is 0.350 e. The summed E-state index contributed by atoms with van der Waals surface area (Å²) in [5, 5.41) is 2.82. The molecule has 1 amide bonds. The maximum Gasteiger partial charge on any atom is 0.267 e. The monoisotopic (exact) mass is 246 g/mol. The Morgan fingerprint density at radius 2 is 2.22 bits per heavy atom. The van der Waals surface area contributed by atoms with E-state index in [1.807, 2.05) is 0 Å². The average Bonchev–Trinajstić information content (AvgIpc) is 2.40. The molecule has 1 aromatic rings. The van der Waals surface area contributed by atoms with Crippen molar-refractivity contribution in [2.45, 2.75) is 32.1 Å². The van der Waals surface area contributed by atoms with Crippen molar-refractivity contribution in [3.05, 3.63) is 45.9 Å². The van der Waals surface area contributed by atoms with Crippen LogP contribution in [0.15, 0.2) is 34.6 Å². The first-order valence-corrected chi connectivity index (χ1v) is 6.41. The van der Waals surface area contributed by atoms with Crippen LogP contribution in [0.3, 0.4) is 0 Å². The van der Waals surface area contributed by atoms with E-state index in [-0.39, 0.29) is 11.5 Å². The average molecular weight is 246 g/mol. The van der Waals surface area contributed by atoms with Crippen LogP contribution in [-0.2, 0) is 0 Å². The summed E-state index contributed by atoms with van der Waals surface area (Å²) in [6.45, 7) is 0.627. The number of aromatic amines is 1. The molecule has 0 fully saturated rings. The molecule has 1 heterocycles. The Bertz CT molecular complexity index is 503. The first-order valence-electron chi connectivity index (χ1n) is 6.41. The molecule has 0 atom stereocenters. The number of H-pyrrole nitrogens is 1. The van der Waals surface area contributed by atoms with E-state index in [0.717, 1.165) is 19.3 Å². The molecule has 0 aliphatic heterocycles. The molecule has 0 spiro atoms. The molecule has 4 nitrogen and oxygen atoms in total. The zero-order chi connectivity index (χ0) is 12.8. The molecule has 0 saturated carbocycles. The van der Waals surface area contributed by atoms with E-state index >= 15 is 0 Å². The highest BCUT2D eigenvalue weighted by Crippen LogP contribution is 2.19. The molecule has 96 valence electrons. The summed E-state index contributed by atoms with van der Waals surface area (Å²) >= 11 is 0. The van der Waals surface area contributed by atoms with Gasteiger partial charge in [-0.25, -0.2) is 0 Å². The molecule has 1 aromatic heterocycles. The Kier molecular flexibility index (Phi) is 4.34. The number of hydrogen-bond acceptors (Lipinski definition) is 2. The predicted octanol–water partition coefficient (Wildman–Crippen LogP) is 2.00. The molecule has 0 bridgehead atoms. The van der Waals surface area contributed by atoms with Crippen LogP contribution in [0.2, 0.25) is 0 Å². The van der Waals surface area contributed by atoms with Gasteiger partial charge in [-0.05, 0) is 38.2 Å². The van der Waals surface area contributed by atoms with Gasteiger partial charge in [0.05, 0.1) is 0 Å². The van der Waals surface area contributed by atoms with Crippen molar-refractivity contribution in [3.63, 3.8) is 0 Å². The molecule has 4 heteroatoms. The lowest BCUT2D eigenvalue weighted by Gasteiger charge is -2.12. The second kappa shape index (κ2) is 6.19. The van der Waals surface area contributed by atoms with Crippen molar-refractivity contribution < 1.29 is 4.79 Å². The van der Waals surface area contributed by atoms with Gasteiger partial charge >= 0.3 is 0 Å². The lowest BCUT2D eigenvalue weighted by Crippen LogP contribution is -2.27. The lowest BCUT2D eigenvalue weighted by molar-refractivity contribution is 0.0949. The molecule has 2 N–H and O–H groups in total. The number of carbonyl (C=O) groups excluding carboxylic acids is 1. The van der Waals surface area contributed by atoms with Crippen LogP contribution in [0.25, 0.3) is 0 Å². The second-order valence-electron chi connectivity index (χ2n) is 4.54. The van der Waals surface area contributed by atoms with Crippen LogP contribution < -0.4 is 10.9 Å². The van der Waals surface area contributed by atoms with E-state index in [1.165, 1.54) is 24.5 Å². The van der Waals surface area contributed by atoms with Crippen LogP contribution in [0, 0.1) is 0 Å². The summed E-state index contributed by atoms with van der Waals surface area (Å²) in [6.07, 6.45) is 8.03. The van der Waals surface area contributed by atoms with Crippen molar-refractivity contribution in [2.75, 3.05) is 6.54 Å². The Morgan fingerprint density at radius 1 is 1.33 bits per heavy atom. The SMILES string of the molecule is O=C(NCCC1=CCCCC1)c1cccc(=O)[nH]1. The predicted molar refractivity (Wildman–Crippen MR) is 70.6 cm³/mol. The molecule has 1 aliphatic rings. The van der Waals surface area contributed by atoms with E-state index in [4.69, 9.17) is 0 Å². The number of amides is 1. The standard InChI is InChI=1S/C14H18N2O2/c17-13-8-4-7-12(16-13)14(18)15-10-9-11-5-2-1-3-6-11/h4-5,7-8H,1-3,6,9-10H2,(H,15,18)(H,16,17). The van der Waals surface area contributed by atoms with E-state index in [0.29, 0.717) is 12.2 Å². The van der Waals surface area contributed by atoms with Crippen molar-refractivity contribution in [1.29, 1.82) is 0 Å². The molecule has 0 aromatic carbocycles. The van der Waals surface area contributed by atoms with Crippen LogP contribution in [-0.4, -0.2) is 17.4 Å². The van der Waals surface area contributed by atoms with Gasteiger partial charge in [-0.2, -0.15) is 0 Å². The normalized spacial score (nSPS) is 15.0. The number of aromatic nitrogens is 1. The third kappa shape index (κ3) is 3.58. The molecule has 1 aliphatic carbocycles. The smallest absolute Gasteiger partial charge is 0.267 e.